The number of carbonyl (C=O) groups is 1. The third-order valence-corrected chi connectivity index (χ3v) is 11.9. The van der Waals surface area contributed by atoms with Gasteiger partial charge in [-0.3, -0.25) is 9.36 Å². The van der Waals surface area contributed by atoms with Crippen molar-refractivity contribution in [2.45, 2.75) is 199 Å². The lowest BCUT2D eigenvalue weighted by Crippen LogP contribution is -2.45. The molecule has 0 aromatic heterocycles. The Balaban J connectivity index is 4.16. The van der Waals surface area contributed by atoms with Gasteiger partial charge in [-0.15, -0.1) is 0 Å². The highest BCUT2D eigenvalue weighted by Gasteiger charge is 2.23. The number of likely N-dealkylation sites (N-methyl/N-ethyl adjacent to an activating group) is 1. The molecule has 0 heterocycles. The number of carbonyl (C=O) groups excluding carboxylic acids is 1. The third kappa shape index (κ3) is 50.6. The molecule has 3 atom stereocenters. The predicted octanol–water partition coefficient (Wildman–Crippen LogP) is 15.2. The Morgan fingerprint density at radius 1 is 0.537 bits per heavy atom. The third-order valence-electron chi connectivity index (χ3n) is 10.9. The van der Waals surface area contributed by atoms with E-state index >= 15 is 0 Å². The van der Waals surface area contributed by atoms with Crippen LogP contribution in [0.25, 0.3) is 0 Å². The topological polar surface area (TPSA) is 108 Å². The quantitative estimate of drug-likeness (QED) is 0.0272. The van der Waals surface area contributed by atoms with E-state index in [1.54, 1.807) is 6.08 Å². The number of phosphoric acid groups is 1. The molecule has 0 aromatic rings. The normalized spacial score (nSPS) is 15.0. The van der Waals surface area contributed by atoms with Crippen molar-refractivity contribution in [2.24, 2.45) is 0 Å². The summed E-state index contributed by atoms with van der Waals surface area (Å²) in [6, 6.07) is -0.899. The van der Waals surface area contributed by atoms with E-state index in [1.165, 1.54) is 57.8 Å². The minimum absolute atomic E-state index is 0.00990. The van der Waals surface area contributed by atoms with E-state index in [9.17, 15) is 19.4 Å². The molecule has 0 radical (unpaired) electrons. The molecule has 8 nitrogen and oxygen atoms in total. The molecule has 1 amide bonds. The number of aliphatic hydroxyl groups excluding tert-OH is 1. The maximum absolute atomic E-state index is 12.9. The van der Waals surface area contributed by atoms with Crippen LogP contribution in [0.2, 0.25) is 0 Å². The predicted molar refractivity (Wildman–Crippen MR) is 288 cm³/mol. The van der Waals surface area contributed by atoms with Crippen LogP contribution < -0.4 is 10.2 Å². The fourth-order valence-corrected chi connectivity index (χ4v) is 7.51. The van der Waals surface area contributed by atoms with Crippen LogP contribution in [-0.4, -0.2) is 68.5 Å². The maximum Gasteiger partial charge on any atom is 0.268 e. The number of hydrogen-bond donors (Lipinski definition) is 2. The monoisotopic (exact) mass is 951 g/mol. The number of nitrogens with zero attached hydrogens (tertiary/aromatic N) is 1. The maximum atomic E-state index is 12.9. The van der Waals surface area contributed by atoms with E-state index in [0.717, 1.165) is 109 Å². The first kappa shape index (κ1) is 63.9. The number of allylic oxidation sites excluding steroid dienone is 19. The number of rotatable bonds is 46. The number of unbranched alkanes of at least 4 members (excludes halogenated alkanes) is 15. The first-order valence-corrected chi connectivity index (χ1v) is 27.9. The van der Waals surface area contributed by atoms with Gasteiger partial charge < -0.3 is 28.8 Å². The summed E-state index contributed by atoms with van der Waals surface area (Å²) in [7, 11) is 1.23. The first-order valence-electron chi connectivity index (χ1n) is 26.4. The van der Waals surface area contributed by atoms with Gasteiger partial charge in [-0.05, 0) is 89.9 Å². The van der Waals surface area contributed by atoms with E-state index in [4.69, 9.17) is 9.05 Å². The largest absolute Gasteiger partial charge is 0.756 e. The molecule has 0 aliphatic heterocycles. The zero-order chi connectivity index (χ0) is 49.2. The molecule has 0 aliphatic rings. The van der Waals surface area contributed by atoms with Gasteiger partial charge in [0.15, 0.2) is 0 Å². The van der Waals surface area contributed by atoms with Crippen molar-refractivity contribution in [2.75, 3.05) is 40.9 Å². The average Bonchev–Trinajstić information content (AvgIpc) is 3.29. The van der Waals surface area contributed by atoms with Crippen molar-refractivity contribution in [3.63, 3.8) is 0 Å². The summed E-state index contributed by atoms with van der Waals surface area (Å²) in [6.45, 7) is 4.47. The zero-order valence-electron chi connectivity index (χ0n) is 43.3. The van der Waals surface area contributed by atoms with E-state index in [-0.39, 0.29) is 12.5 Å². The molecule has 0 fully saturated rings. The Kier molecular flexibility index (Phi) is 45.7. The summed E-state index contributed by atoms with van der Waals surface area (Å²) in [4.78, 5) is 25.3. The lowest BCUT2D eigenvalue weighted by atomic mass is 10.1. The number of nitrogens with one attached hydrogen (secondary N) is 1. The highest BCUT2D eigenvalue weighted by atomic mass is 31.2. The minimum atomic E-state index is -4.60. The fourth-order valence-electron chi connectivity index (χ4n) is 6.79. The van der Waals surface area contributed by atoms with Crippen molar-refractivity contribution < 1.29 is 32.9 Å². The summed E-state index contributed by atoms with van der Waals surface area (Å²) in [5.41, 5.74) is 0. The molecule has 0 saturated carbocycles. The van der Waals surface area contributed by atoms with Crippen LogP contribution in [-0.2, 0) is 18.4 Å². The molecule has 0 aromatic carbocycles. The Morgan fingerprint density at radius 3 is 1.33 bits per heavy atom. The zero-order valence-corrected chi connectivity index (χ0v) is 44.2. The number of aliphatic hydroxyl groups is 1. The van der Waals surface area contributed by atoms with Crippen LogP contribution in [0.15, 0.2) is 122 Å². The van der Waals surface area contributed by atoms with E-state index in [2.05, 4.69) is 129 Å². The second-order valence-electron chi connectivity index (χ2n) is 18.5. The van der Waals surface area contributed by atoms with Gasteiger partial charge in [0.25, 0.3) is 7.82 Å². The summed E-state index contributed by atoms with van der Waals surface area (Å²) in [5.74, 6) is -0.217. The van der Waals surface area contributed by atoms with E-state index in [0.29, 0.717) is 17.4 Å². The Bertz CT molecular complexity index is 1500. The molecule has 382 valence electrons. The van der Waals surface area contributed by atoms with E-state index < -0.39 is 26.6 Å². The van der Waals surface area contributed by atoms with Crippen molar-refractivity contribution in [1.29, 1.82) is 0 Å². The number of phosphoric ester groups is 1. The highest BCUT2D eigenvalue weighted by Crippen LogP contribution is 2.38. The Labute approximate surface area is 412 Å². The molecule has 3 unspecified atom stereocenters. The molecule has 67 heavy (non-hydrogen) atoms. The second-order valence-corrected chi connectivity index (χ2v) is 19.9. The molecule has 2 N–H and O–H groups in total. The molecule has 9 heteroatoms. The van der Waals surface area contributed by atoms with Gasteiger partial charge in [-0.25, -0.2) is 0 Å². The van der Waals surface area contributed by atoms with Gasteiger partial charge in [-0.1, -0.05) is 212 Å². The van der Waals surface area contributed by atoms with Crippen molar-refractivity contribution >= 4 is 13.7 Å². The lowest BCUT2D eigenvalue weighted by Gasteiger charge is -2.29. The second kappa shape index (κ2) is 47.9. The number of quaternary nitrogens is 1. The van der Waals surface area contributed by atoms with Crippen LogP contribution in [0, 0.1) is 0 Å². The van der Waals surface area contributed by atoms with Gasteiger partial charge in [0.05, 0.1) is 39.9 Å². The molecule has 0 spiro atoms. The van der Waals surface area contributed by atoms with Gasteiger partial charge >= 0.3 is 0 Å². The summed E-state index contributed by atoms with van der Waals surface area (Å²) < 4.78 is 23.2. The molecular weight excluding hydrogens is 852 g/mol. The van der Waals surface area contributed by atoms with Crippen LogP contribution >= 0.6 is 7.82 Å². The summed E-state index contributed by atoms with van der Waals surface area (Å²) in [5, 5.41) is 13.8. The molecule has 0 aliphatic carbocycles. The van der Waals surface area contributed by atoms with Crippen molar-refractivity contribution in [3.8, 4) is 0 Å². The first-order chi connectivity index (χ1) is 32.5. The number of amides is 1. The summed E-state index contributed by atoms with van der Waals surface area (Å²) >= 11 is 0. The van der Waals surface area contributed by atoms with Gasteiger partial charge in [0, 0.05) is 6.42 Å². The summed E-state index contributed by atoms with van der Waals surface area (Å²) in [6.07, 6.45) is 71.3. The molecule has 0 rings (SSSR count). The lowest BCUT2D eigenvalue weighted by molar-refractivity contribution is -0.870. The van der Waals surface area contributed by atoms with Crippen LogP contribution in [0.1, 0.15) is 187 Å². The van der Waals surface area contributed by atoms with Gasteiger partial charge in [0.2, 0.25) is 5.91 Å². The molecule has 0 saturated heterocycles. The van der Waals surface area contributed by atoms with Crippen molar-refractivity contribution in [3.05, 3.63) is 122 Å². The van der Waals surface area contributed by atoms with Gasteiger partial charge in [0.1, 0.15) is 13.2 Å². The van der Waals surface area contributed by atoms with Crippen LogP contribution in [0.4, 0.5) is 0 Å². The smallest absolute Gasteiger partial charge is 0.268 e. The van der Waals surface area contributed by atoms with Crippen LogP contribution in [0.5, 0.6) is 0 Å². The minimum Gasteiger partial charge on any atom is -0.756 e. The number of hydrogen-bond acceptors (Lipinski definition) is 6. The van der Waals surface area contributed by atoms with Crippen LogP contribution in [0.3, 0.4) is 0 Å². The SMILES string of the molecule is CC/C=C\C/C=C\C/C=C\C/C=C\C/C=C\C/C=C\C/C=C\C/C=C\C/C=C\CCCCCCCCCC(=O)NC(COP(=O)([O-])OCC[N+](C)(C)C)C(O)/C=C/CCCCCCCCCC. The highest BCUT2D eigenvalue weighted by molar-refractivity contribution is 7.45. The Hall–Kier alpha value is -3.10. The fraction of sp³-hybridized carbons (Fsp3) is 0.638. The molecule has 0 bridgehead atoms. The van der Waals surface area contributed by atoms with Crippen molar-refractivity contribution in [1.82, 2.24) is 5.32 Å². The Morgan fingerprint density at radius 2 is 0.910 bits per heavy atom. The molecular formula is C58H99N2O6P. The average molecular weight is 951 g/mol. The van der Waals surface area contributed by atoms with E-state index in [1.807, 2.05) is 27.2 Å². The standard InChI is InChI=1S/C58H99N2O6P/c1-6-8-10-12-14-16-18-19-20-21-22-23-24-25-26-27-28-29-30-31-32-33-34-35-36-37-38-39-40-41-42-44-46-48-50-52-58(62)59-56(55-66-67(63,64)65-54-53-60(3,4)5)57(61)51-49-47-45-43-17-15-13-11-9-7-2/h8,10,14,16,19-20,22-23,25-26,28-29,31-32,34-35,37-38,49,51,56-57,61H,6-7,9,11-13,15,17-18,21,24,27,30,33,36,39-48,50,52-55H2,1-5H3,(H-,59,62,63,64)/b10-8-,16-14-,20-19-,23-22-,26-25-,29-28-,32-31-,35-34-,38-37-,51-49+. The van der Waals surface area contributed by atoms with Gasteiger partial charge in [-0.2, -0.15) is 0 Å².